The molecule has 0 spiro atoms. The topological polar surface area (TPSA) is 434 Å². The standard InChI is InChI=1S/C18H20ClFN4O2.C18H20F2N4O2.C18H23F2N3O3.2C17H19ClN4O2.C17H19FN4O2/c1-3-18(26,10-20)9-16(25)23-17-22-14-7-12(19)13(21-2)8-15(14)24(17)11-5-4-6-11;1-3-18(26,10-19)9-16(25)23-17-22-14-7-12(20)13(21-2)8-15(14)24(17)11-5-4-6-11;1-17(2,25)10-14(24)22-16-21-12-6-5-11(26-15(19)20)9-13(12)23(16)18(3)7-4-8-18;3*1-17(2,24)9-15(23)21-16-20-13-7-11(18)12(19-3)8-14(13)22(16)10-5-4-6-10/h2*7-8,11,26H,3-6,9-10H2,1H3,(H,22,23,25);5-6,9,15,25H,4,7-8,10H2,1-3H3,(H,21,22,24);3*7-8,10,24H,4-6,9H2,1-2H3,(H,20,21,23). The van der Waals surface area contributed by atoms with E-state index in [0.29, 0.717) is 112 Å². The molecule has 0 saturated heterocycles. The lowest BCUT2D eigenvalue weighted by molar-refractivity contribution is -0.123. The molecule has 0 aliphatic heterocycles. The normalized spacial score (nSPS) is 15.9. The Morgan fingerprint density at radius 1 is 0.380 bits per heavy atom. The van der Waals surface area contributed by atoms with Gasteiger partial charge in [-0.1, -0.05) is 48.7 Å². The van der Waals surface area contributed by atoms with Crippen LogP contribution in [0.3, 0.4) is 0 Å². The van der Waals surface area contributed by atoms with Crippen molar-refractivity contribution < 1.29 is 90.5 Å². The minimum Gasteiger partial charge on any atom is -0.435 e. The number of amides is 6. The van der Waals surface area contributed by atoms with Gasteiger partial charge in [0, 0.05) is 56.9 Å². The van der Waals surface area contributed by atoms with E-state index in [1.807, 2.05) is 29.8 Å². The van der Waals surface area contributed by atoms with Crippen molar-refractivity contribution in [2.45, 2.75) is 319 Å². The first-order valence-electron chi connectivity index (χ1n) is 49.4. The number of aliphatic hydroxyl groups is 6. The molecule has 2 unspecified atom stereocenters. The molecule has 6 aliphatic carbocycles. The molecule has 150 heavy (non-hydrogen) atoms. The van der Waals surface area contributed by atoms with Gasteiger partial charge in [-0.15, -0.1) is 0 Å². The predicted octanol–water partition coefficient (Wildman–Crippen LogP) is 23.6. The molecule has 2 atom stereocenters. The smallest absolute Gasteiger partial charge is 0.387 e. The molecule has 6 amide bonds. The van der Waals surface area contributed by atoms with E-state index in [0.717, 1.165) is 132 Å². The van der Waals surface area contributed by atoms with Crippen LogP contribution in [0.25, 0.3) is 90.4 Å². The number of ether oxygens (including phenoxy) is 1. The largest absolute Gasteiger partial charge is 0.435 e. The number of nitrogens with zero attached hydrogens (tertiary/aromatic N) is 17. The van der Waals surface area contributed by atoms with Crippen LogP contribution in [0.2, 0.25) is 15.1 Å². The number of rotatable bonds is 30. The Morgan fingerprint density at radius 3 is 0.847 bits per heavy atom. The van der Waals surface area contributed by atoms with Gasteiger partial charge in [-0.05, 0) is 264 Å². The fourth-order valence-corrected chi connectivity index (χ4v) is 18.6. The van der Waals surface area contributed by atoms with E-state index in [1.54, 1.807) is 116 Å². The molecule has 796 valence electrons. The second kappa shape index (κ2) is 46.9. The van der Waals surface area contributed by atoms with Crippen LogP contribution in [0.5, 0.6) is 5.75 Å². The number of fused-ring (bicyclic) bond motifs is 6. The molecule has 18 rings (SSSR count). The highest BCUT2D eigenvalue weighted by molar-refractivity contribution is 6.35. The Hall–Kier alpha value is -13.6. The molecule has 12 aromatic rings. The van der Waals surface area contributed by atoms with Crippen molar-refractivity contribution in [1.82, 2.24) is 57.3 Å². The van der Waals surface area contributed by atoms with E-state index in [4.69, 9.17) is 67.7 Å². The van der Waals surface area contributed by atoms with Gasteiger partial charge in [0.1, 0.15) is 41.9 Å². The van der Waals surface area contributed by atoms with Gasteiger partial charge in [0.25, 0.3) is 0 Å². The predicted molar refractivity (Wildman–Crippen MR) is 560 cm³/mol. The zero-order valence-electron chi connectivity index (χ0n) is 84.8. The molecule has 6 fully saturated rings. The lowest BCUT2D eigenvalue weighted by atomic mass is 9.78. The van der Waals surface area contributed by atoms with Crippen LogP contribution in [0.4, 0.5) is 90.5 Å². The number of imidazole rings is 6. The summed E-state index contributed by atoms with van der Waals surface area (Å²) in [5.41, 5.74) is 0.250. The Balaban J connectivity index is 0.000000150. The fourth-order valence-electron chi connectivity index (χ4n) is 18.0. The van der Waals surface area contributed by atoms with E-state index < -0.39 is 83.4 Å². The average Bonchev–Trinajstić information content (AvgIpc) is 1.60. The number of anilines is 6. The highest BCUT2D eigenvalue weighted by Crippen LogP contribution is 2.49. The molecule has 0 bridgehead atoms. The third kappa shape index (κ3) is 27.4. The number of alkyl halides is 4. The zero-order chi connectivity index (χ0) is 109. The maximum absolute atomic E-state index is 13.9. The summed E-state index contributed by atoms with van der Waals surface area (Å²) < 4.78 is 94.8. The highest BCUT2D eigenvalue weighted by atomic mass is 35.5. The summed E-state index contributed by atoms with van der Waals surface area (Å²) >= 11 is 18.3. The molecule has 6 aromatic carbocycles. The number of hydrogen-bond acceptors (Lipinski definition) is 19. The van der Waals surface area contributed by atoms with Crippen molar-refractivity contribution in [3.8, 4) is 5.75 Å². The Labute approximate surface area is 876 Å². The number of benzene rings is 6. The van der Waals surface area contributed by atoms with E-state index in [1.165, 1.54) is 36.4 Å². The first-order valence-corrected chi connectivity index (χ1v) is 50.5. The Bertz CT molecular complexity index is 6840. The SMILES string of the molecule is CC(C)(O)CC(=O)Nc1nc2ccc(OC(F)F)cc2n1C1(C)CCC1.[C-]#[N+]c1cc2c(cc1Cl)nc(NC(=O)CC(C)(C)O)n2C1CCC1.[C-]#[N+]c1cc2c(cc1Cl)nc(NC(=O)CC(C)(C)O)n2C1CCC1.[C-]#[N+]c1cc2c(cc1Cl)nc(NC(=O)CC(O)(CC)CF)n2C1CCC1.[C-]#[N+]c1cc2c(cc1F)nc(NC(=O)CC(C)(C)O)n2C1CCC1.[C-]#[N+]c1cc2c(cc1F)nc(NC(=O)CC(O)(CC)CF)n2C1CCC1. The van der Waals surface area contributed by atoms with E-state index in [9.17, 15) is 85.7 Å². The van der Waals surface area contributed by atoms with Gasteiger partial charge in [-0.3, -0.25) is 60.7 Å². The first-order chi connectivity index (χ1) is 70.7. The minimum absolute atomic E-state index is 0.0189. The lowest BCUT2D eigenvalue weighted by Gasteiger charge is -2.41. The molecule has 45 heteroatoms. The summed E-state index contributed by atoms with van der Waals surface area (Å²) in [6.07, 6.45) is 17.2. The quantitative estimate of drug-likeness (QED) is 0.0147. The molecule has 12 N–H and O–H groups in total. The summed E-state index contributed by atoms with van der Waals surface area (Å²) in [6.45, 7) is 48.8. The van der Waals surface area contributed by atoms with Crippen LogP contribution in [-0.2, 0) is 34.3 Å². The van der Waals surface area contributed by atoms with Gasteiger partial charge in [0.05, 0.1) is 160 Å². The van der Waals surface area contributed by atoms with Gasteiger partial charge >= 0.3 is 6.61 Å². The number of carbonyl (C=O) groups is 6. The minimum atomic E-state index is -2.91. The second-order valence-corrected chi connectivity index (χ2v) is 42.9. The van der Waals surface area contributed by atoms with Crippen molar-refractivity contribution in [3.63, 3.8) is 0 Å². The van der Waals surface area contributed by atoms with Crippen LogP contribution in [0, 0.1) is 44.5 Å². The van der Waals surface area contributed by atoms with Crippen molar-refractivity contribution in [2.24, 2.45) is 0 Å². The van der Waals surface area contributed by atoms with Gasteiger partial charge in [0.2, 0.25) is 99.6 Å². The van der Waals surface area contributed by atoms with Crippen molar-refractivity contribution in [2.75, 3.05) is 45.2 Å². The molecule has 36 nitrogen and oxygen atoms in total. The van der Waals surface area contributed by atoms with Crippen molar-refractivity contribution in [3.05, 3.63) is 163 Å². The van der Waals surface area contributed by atoms with Gasteiger partial charge in [-0.2, -0.15) is 8.78 Å². The zero-order valence-corrected chi connectivity index (χ0v) is 87.1. The van der Waals surface area contributed by atoms with Crippen LogP contribution < -0.4 is 36.6 Å². The number of halogens is 9. The molecular formula is C105H120Cl3F6N23O13. The average molecular weight is 2130 g/mol. The molecular weight excluding hydrogens is 2010 g/mol. The van der Waals surface area contributed by atoms with E-state index >= 15 is 0 Å². The molecule has 0 radical (unpaired) electrons. The first kappa shape index (κ1) is 114. The van der Waals surface area contributed by atoms with E-state index in [2.05, 4.69) is 90.8 Å². The van der Waals surface area contributed by atoms with Gasteiger partial charge < -0.3 is 62.8 Å². The van der Waals surface area contributed by atoms with Gasteiger partial charge in [-0.25, -0.2) is 71.7 Å². The number of nitrogens with one attached hydrogen (secondary N) is 6. The second-order valence-electron chi connectivity index (χ2n) is 41.6. The van der Waals surface area contributed by atoms with Crippen LogP contribution in [0.1, 0.15) is 273 Å². The highest BCUT2D eigenvalue weighted by Gasteiger charge is 2.41. The molecule has 6 heterocycles. The molecule has 6 aromatic heterocycles. The summed E-state index contributed by atoms with van der Waals surface area (Å²) in [4.78, 5) is 117. The third-order valence-electron chi connectivity index (χ3n) is 27.1. The van der Waals surface area contributed by atoms with Crippen LogP contribution in [0.15, 0.2) is 78.9 Å². The lowest BCUT2D eigenvalue weighted by Crippen LogP contribution is -2.38. The van der Waals surface area contributed by atoms with Crippen molar-refractivity contribution >= 4 is 201 Å². The number of carbonyl (C=O) groups excluding carboxylic acids is 6. The van der Waals surface area contributed by atoms with Gasteiger partial charge in [0.15, 0.2) is 0 Å². The number of hydrogen-bond donors (Lipinski definition) is 12. The fraction of sp³-hybridized carbons (Fsp3) is 0.495. The number of aromatic nitrogens is 12. The maximum atomic E-state index is 13.9. The summed E-state index contributed by atoms with van der Waals surface area (Å²) in [5, 5.41) is 76.7. The van der Waals surface area contributed by atoms with Crippen LogP contribution in [-0.4, -0.2) is 177 Å². The monoisotopic (exact) mass is 2130 g/mol. The summed E-state index contributed by atoms with van der Waals surface area (Å²) in [5.74, 6) is -1.46. The van der Waals surface area contributed by atoms with Crippen molar-refractivity contribution in [1.29, 1.82) is 0 Å². The Morgan fingerprint density at radius 2 is 0.627 bits per heavy atom. The summed E-state index contributed by atoms with van der Waals surface area (Å²) in [6, 6.07) is 20.9. The van der Waals surface area contributed by atoms with Crippen LogP contribution >= 0.6 is 34.8 Å². The molecule has 6 aliphatic rings. The Kier molecular flexibility index (Phi) is 35.5. The summed E-state index contributed by atoms with van der Waals surface area (Å²) in [7, 11) is 0. The third-order valence-corrected chi connectivity index (χ3v) is 28.0. The maximum Gasteiger partial charge on any atom is 0.387 e. The van der Waals surface area contributed by atoms with E-state index in [-0.39, 0.29) is 127 Å². The molecule has 6 saturated carbocycles.